The molecule has 6 nitrogen and oxygen atoms in total. The lowest BCUT2D eigenvalue weighted by atomic mass is 10.0. The number of nitrogens with zero attached hydrogens (tertiary/aromatic N) is 1. The molecule has 1 aromatic heterocycles. The third-order valence-electron chi connectivity index (χ3n) is 4.72. The van der Waals surface area contributed by atoms with Crippen LogP contribution in [0.25, 0.3) is 0 Å². The van der Waals surface area contributed by atoms with Crippen LogP contribution in [-0.4, -0.2) is 25.4 Å². The van der Waals surface area contributed by atoms with Crippen molar-refractivity contribution in [1.82, 2.24) is 15.0 Å². The van der Waals surface area contributed by atoms with Crippen LogP contribution < -0.4 is 10.0 Å². The fourth-order valence-corrected chi connectivity index (χ4v) is 4.31. The Hall–Kier alpha value is -3.03. The topological polar surface area (TPSA) is 88.2 Å². The fourth-order valence-electron chi connectivity index (χ4n) is 3.01. The van der Waals surface area contributed by atoms with Crippen LogP contribution >= 0.6 is 0 Å². The van der Waals surface area contributed by atoms with E-state index in [4.69, 9.17) is 0 Å². The molecule has 1 aliphatic rings. The van der Waals surface area contributed by atoms with Crippen LogP contribution in [-0.2, 0) is 10.0 Å². The zero-order valence-electron chi connectivity index (χ0n) is 15.7. The lowest BCUT2D eigenvalue weighted by molar-refractivity contribution is 0.0942. The summed E-state index contributed by atoms with van der Waals surface area (Å²) in [5.41, 5.74) is 2.01. The number of amides is 1. The largest absolute Gasteiger partial charge is 0.340 e. The minimum atomic E-state index is -3.54. The SMILES string of the molecule is O=C(NC(c1ccccc1)c1ccccn1)c1ccc(S(=O)(=O)NC2CC2)cc1. The maximum atomic E-state index is 12.8. The van der Waals surface area contributed by atoms with E-state index in [-0.39, 0.29) is 16.8 Å². The number of rotatable bonds is 7. The lowest BCUT2D eigenvalue weighted by Gasteiger charge is -2.19. The van der Waals surface area contributed by atoms with Crippen molar-refractivity contribution in [2.75, 3.05) is 0 Å². The number of carbonyl (C=O) groups is 1. The molecule has 3 aromatic rings. The first-order chi connectivity index (χ1) is 14.0. The van der Waals surface area contributed by atoms with E-state index in [1.54, 1.807) is 6.20 Å². The van der Waals surface area contributed by atoms with Crippen LogP contribution in [0.15, 0.2) is 83.9 Å². The first-order valence-electron chi connectivity index (χ1n) is 9.42. The summed E-state index contributed by atoms with van der Waals surface area (Å²) in [6.45, 7) is 0. The minimum Gasteiger partial charge on any atom is -0.340 e. The summed E-state index contributed by atoms with van der Waals surface area (Å²) >= 11 is 0. The van der Waals surface area contributed by atoms with Crippen LogP contribution in [0.1, 0.15) is 40.5 Å². The Kier molecular flexibility index (Phi) is 5.42. The van der Waals surface area contributed by atoms with Gasteiger partial charge in [-0.2, -0.15) is 0 Å². The molecule has 29 heavy (non-hydrogen) atoms. The smallest absolute Gasteiger partial charge is 0.252 e. The molecule has 4 rings (SSSR count). The van der Waals surface area contributed by atoms with Gasteiger partial charge in [-0.15, -0.1) is 0 Å². The molecule has 7 heteroatoms. The number of carbonyl (C=O) groups excluding carboxylic acids is 1. The van der Waals surface area contributed by atoms with Crippen LogP contribution in [0.2, 0.25) is 0 Å². The summed E-state index contributed by atoms with van der Waals surface area (Å²) in [5.74, 6) is -0.302. The highest BCUT2D eigenvalue weighted by molar-refractivity contribution is 7.89. The highest BCUT2D eigenvalue weighted by Gasteiger charge is 2.28. The molecule has 148 valence electrons. The number of sulfonamides is 1. The fraction of sp³-hybridized carbons (Fsp3) is 0.182. The van der Waals surface area contributed by atoms with Gasteiger partial charge in [0.1, 0.15) is 0 Å². The predicted molar refractivity (Wildman–Crippen MR) is 110 cm³/mol. The zero-order chi connectivity index (χ0) is 20.3. The van der Waals surface area contributed by atoms with Crippen molar-refractivity contribution in [2.24, 2.45) is 0 Å². The van der Waals surface area contributed by atoms with Gasteiger partial charge in [0.05, 0.1) is 16.6 Å². The van der Waals surface area contributed by atoms with Crippen LogP contribution in [0, 0.1) is 0 Å². The summed E-state index contributed by atoms with van der Waals surface area (Å²) in [5, 5.41) is 3.00. The van der Waals surface area contributed by atoms with Crippen molar-refractivity contribution < 1.29 is 13.2 Å². The average molecular weight is 407 g/mol. The summed E-state index contributed by atoms with van der Waals surface area (Å²) in [7, 11) is -3.54. The van der Waals surface area contributed by atoms with E-state index in [1.165, 1.54) is 24.3 Å². The Balaban J connectivity index is 1.55. The van der Waals surface area contributed by atoms with Gasteiger partial charge in [-0.05, 0) is 54.8 Å². The molecule has 0 spiro atoms. The third kappa shape index (κ3) is 4.70. The molecule has 0 saturated heterocycles. The molecule has 2 aromatic carbocycles. The molecule has 1 fully saturated rings. The van der Waals surface area contributed by atoms with Crippen molar-refractivity contribution in [1.29, 1.82) is 0 Å². The Bertz CT molecular complexity index is 1040. The number of pyridine rings is 1. The standard InChI is InChI=1S/C22H21N3O3S/c26-22(17-9-13-19(14-10-17)29(27,28)25-18-11-12-18)24-21(16-6-2-1-3-7-16)20-8-4-5-15-23-20/h1-10,13-15,18,21,25H,11-12H2,(H,24,26). The van der Waals surface area contributed by atoms with Gasteiger partial charge >= 0.3 is 0 Å². The van der Waals surface area contributed by atoms with E-state index < -0.39 is 16.1 Å². The minimum absolute atomic E-state index is 0.0352. The molecule has 1 atom stereocenters. The zero-order valence-corrected chi connectivity index (χ0v) is 16.5. The number of hydrogen-bond acceptors (Lipinski definition) is 4. The van der Waals surface area contributed by atoms with Crippen LogP contribution in [0.3, 0.4) is 0 Å². The molecule has 1 saturated carbocycles. The molecule has 0 bridgehead atoms. The molecular weight excluding hydrogens is 386 g/mol. The molecule has 0 radical (unpaired) electrons. The number of benzene rings is 2. The molecule has 0 aliphatic heterocycles. The van der Waals surface area contributed by atoms with E-state index in [2.05, 4.69) is 15.0 Å². The lowest BCUT2D eigenvalue weighted by Crippen LogP contribution is -2.30. The van der Waals surface area contributed by atoms with E-state index in [1.807, 2.05) is 48.5 Å². The van der Waals surface area contributed by atoms with Gasteiger partial charge in [0.2, 0.25) is 10.0 Å². The second-order valence-corrected chi connectivity index (χ2v) is 8.71. The Morgan fingerprint density at radius 2 is 1.62 bits per heavy atom. The second kappa shape index (κ2) is 8.14. The summed E-state index contributed by atoms with van der Waals surface area (Å²) in [6, 6.07) is 20.7. The predicted octanol–water partition coefficient (Wildman–Crippen LogP) is 3.04. The first-order valence-corrected chi connectivity index (χ1v) is 10.9. The number of aromatic nitrogens is 1. The molecule has 1 heterocycles. The van der Waals surface area contributed by atoms with E-state index in [9.17, 15) is 13.2 Å². The quantitative estimate of drug-likeness (QED) is 0.630. The third-order valence-corrected chi connectivity index (χ3v) is 6.25. The van der Waals surface area contributed by atoms with Crippen LogP contribution in [0.5, 0.6) is 0 Å². The Morgan fingerprint density at radius 1 is 0.931 bits per heavy atom. The highest BCUT2D eigenvalue weighted by atomic mass is 32.2. The monoisotopic (exact) mass is 407 g/mol. The number of nitrogens with one attached hydrogen (secondary N) is 2. The summed E-state index contributed by atoms with van der Waals surface area (Å²) < 4.78 is 27.2. The highest BCUT2D eigenvalue weighted by Crippen LogP contribution is 2.23. The van der Waals surface area contributed by atoms with Gasteiger partial charge in [0, 0.05) is 17.8 Å². The van der Waals surface area contributed by atoms with Gasteiger partial charge < -0.3 is 5.32 Å². The molecular formula is C22H21N3O3S. The van der Waals surface area contributed by atoms with Crippen molar-refractivity contribution in [3.63, 3.8) is 0 Å². The Labute approximate surface area is 170 Å². The molecule has 1 aliphatic carbocycles. The average Bonchev–Trinajstić information content (AvgIpc) is 3.56. The first kappa shape index (κ1) is 19.3. The van der Waals surface area contributed by atoms with E-state index in [0.29, 0.717) is 5.56 Å². The van der Waals surface area contributed by atoms with Gasteiger partial charge in [-0.3, -0.25) is 9.78 Å². The summed E-state index contributed by atoms with van der Waals surface area (Å²) in [4.78, 5) is 17.4. The van der Waals surface area contributed by atoms with E-state index >= 15 is 0 Å². The van der Waals surface area contributed by atoms with Crippen molar-refractivity contribution in [3.8, 4) is 0 Å². The van der Waals surface area contributed by atoms with E-state index in [0.717, 1.165) is 24.1 Å². The van der Waals surface area contributed by atoms with Crippen molar-refractivity contribution in [2.45, 2.75) is 29.8 Å². The van der Waals surface area contributed by atoms with Gasteiger partial charge in [-0.25, -0.2) is 13.1 Å². The van der Waals surface area contributed by atoms with Crippen molar-refractivity contribution in [3.05, 3.63) is 95.8 Å². The normalized spacial score (nSPS) is 14.9. The van der Waals surface area contributed by atoms with Crippen LogP contribution in [0.4, 0.5) is 0 Å². The second-order valence-electron chi connectivity index (χ2n) is 6.99. The molecule has 1 unspecified atom stereocenters. The van der Waals surface area contributed by atoms with Gasteiger partial charge in [0.25, 0.3) is 5.91 Å². The Morgan fingerprint density at radius 3 is 2.24 bits per heavy atom. The molecule has 2 N–H and O–H groups in total. The van der Waals surface area contributed by atoms with Crippen molar-refractivity contribution >= 4 is 15.9 Å². The molecule has 1 amide bonds. The maximum Gasteiger partial charge on any atom is 0.252 e. The summed E-state index contributed by atoms with van der Waals surface area (Å²) in [6.07, 6.45) is 3.42. The number of hydrogen-bond donors (Lipinski definition) is 2. The van der Waals surface area contributed by atoms with Gasteiger partial charge in [-0.1, -0.05) is 36.4 Å². The maximum absolute atomic E-state index is 12.8. The van der Waals surface area contributed by atoms with Gasteiger partial charge in [0.15, 0.2) is 0 Å².